The van der Waals surface area contributed by atoms with Crippen LogP contribution in [-0.2, 0) is 0 Å². The van der Waals surface area contributed by atoms with Crippen molar-refractivity contribution in [3.05, 3.63) is 42.6 Å². The van der Waals surface area contributed by atoms with Gasteiger partial charge >= 0.3 is 0 Å². The summed E-state index contributed by atoms with van der Waals surface area (Å²) >= 11 is 0. The number of benzene rings is 1. The van der Waals surface area contributed by atoms with Crippen molar-refractivity contribution in [1.82, 2.24) is 19.5 Å². The molecule has 1 saturated heterocycles. The Bertz CT molecular complexity index is 871. The third-order valence-corrected chi connectivity index (χ3v) is 4.94. The summed E-state index contributed by atoms with van der Waals surface area (Å²) in [7, 11) is 5.97. The number of hydrogen-bond acceptors (Lipinski definition) is 5. The van der Waals surface area contributed by atoms with Gasteiger partial charge in [-0.25, -0.2) is 4.98 Å². The van der Waals surface area contributed by atoms with Crippen LogP contribution in [0.1, 0.15) is 6.42 Å². The Kier molecular flexibility index (Phi) is 4.05. The second kappa shape index (κ2) is 6.37. The van der Waals surface area contributed by atoms with Gasteiger partial charge in [-0.15, -0.1) is 0 Å². The van der Waals surface area contributed by atoms with E-state index in [-0.39, 0.29) is 0 Å². The Labute approximate surface area is 147 Å². The predicted octanol–water partition coefficient (Wildman–Crippen LogP) is 2.55. The Morgan fingerprint density at radius 2 is 1.96 bits per heavy atom. The van der Waals surface area contributed by atoms with Crippen molar-refractivity contribution >= 4 is 11.5 Å². The highest BCUT2D eigenvalue weighted by molar-refractivity contribution is 5.67. The van der Waals surface area contributed by atoms with Crippen molar-refractivity contribution in [2.75, 3.05) is 39.2 Å². The van der Waals surface area contributed by atoms with E-state index in [9.17, 15) is 0 Å². The molecule has 0 aliphatic carbocycles. The number of fused-ring (bicyclic) bond motifs is 1. The van der Waals surface area contributed by atoms with Crippen LogP contribution in [0.2, 0.25) is 0 Å². The van der Waals surface area contributed by atoms with Gasteiger partial charge in [-0.1, -0.05) is 0 Å². The van der Waals surface area contributed by atoms with Crippen LogP contribution in [0.4, 0.5) is 5.82 Å². The van der Waals surface area contributed by atoms with Crippen LogP contribution >= 0.6 is 0 Å². The summed E-state index contributed by atoms with van der Waals surface area (Å²) in [5.74, 6) is 1.95. The predicted molar refractivity (Wildman–Crippen MR) is 99.3 cm³/mol. The second-order valence-corrected chi connectivity index (χ2v) is 6.68. The van der Waals surface area contributed by atoms with E-state index in [1.54, 1.807) is 7.11 Å². The first-order valence-electron chi connectivity index (χ1n) is 8.56. The Hall–Kier alpha value is -2.60. The van der Waals surface area contributed by atoms with Crippen LogP contribution in [-0.4, -0.2) is 59.8 Å². The number of nitrogens with zero attached hydrogens (tertiary/aromatic N) is 5. The van der Waals surface area contributed by atoms with Gasteiger partial charge in [0.2, 0.25) is 0 Å². The average Bonchev–Trinajstić information content (AvgIpc) is 3.30. The molecule has 0 N–H and O–H groups in total. The monoisotopic (exact) mass is 337 g/mol. The molecule has 0 bridgehead atoms. The molecule has 1 fully saturated rings. The van der Waals surface area contributed by atoms with Crippen molar-refractivity contribution in [2.24, 2.45) is 0 Å². The highest BCUT2D eigenvalue weighted by Crippen LogP contribution is 2.28. The largest absolute Gasteiger partial charge is 0.497 e. The summed E-state index contributed by atoms with van der Waals surface area (Å²) < 4.78 is 7.19. The van der Waals surface area contributed by atoms with Crippen molar-refractivity contribution in [3.63, 3.8) is 0 Å². The van der Waals surface area contributed by atoms with Crippen LogP contribution < -0.4 is 9.64 Å². The van der Waals surface area contributed by atoms with Crippen molar-refractivity contribution in [1.29, 1.82) is 0 Å². The molecule has 3 aromatic rings. The average molecular weight is 337 g/mol. The number of hydrogen-bond donors (Lipinski definition) is 0. The molecule has 1 aliphatic heterocycles. The van der Waals surface area contributed by atoms with E-state index in [1.165, 1.54) is 0 Å². The third-order valence-electron chi connectivity index (χ3n) is 4.94. The molecule has 130 valence electrons. The minimum Gasteiger partial charge on any atom is -0.497 e. The lowest BCUT2D eigenvalue weighted by molar-refractivity contribution is 0.315. The fourth-order valence-corrected chi connectivity index (χ4v) is 3.40. The molecule has 6 heteroatoms. The molecule has 1 aromatic carbocycles. The van der Waals surface area contributed by atoms with Gasteiger partial charge in [0.05, 0.1) is 19.0 Å². The van der Waals surface area contributed by atoms with Gasteiger partial charge in [0, 0.05) is 36.8 Å². The quantitative estimate of drug-likeness (QED) is 0.732. The molecule has 0 radical (unpaired) electrons. The maximum Gasteiger partial charge on any atom is 0.157 e. The maximum absolute atomic E-state index is 5.25. The van der Waals surface area contributed by atoms with Gasteiger partial charge in [-0.3, -0.25) is 0 Å². The highest BCUT2D eigenvalue weighted by atomic mass is 16.5. The SMILES string of the molecule is COc1ccc(-c2cc(N3CC[C@@H](N(C)C)C3)n3nccc3n2)cc1. The van der Waals surface area contributed by atoms with E-state index in [1.807, 2.05) is 41.0 Å². The first-order valence-corrected chi connectivity index (χ1v) is 8.56. The number of likely N-dealkylation sites (N-methyl/N-ethyl adjacent to an activating group) is 1. The number of rotatable bonds is 4. The fourth-order valence-electron chi connectivity index (χ4n) is 3.40. The summed E-state index contributed by atoms with van der Waals surface area (Å²) in [5.41, 5.74) is 2.91. The molecule has 25 heavy (non-hydrogen) atoms. The van der Waals surface area contributed by atoms with Crippen molar-refractivity contribution in [3.8, 4) is 17.0 Å². The molecule has 1 atom stereocenters. The smallest absolute Gasteiger partial charge is 0.157 e. The minimum absolute atomic E-state index is 0.572. The van der Waals surface area contributed by atoms with E-state index in [4.69, 9.17) is 9.72 Å². The lowest BCUT2D eigenvalue weighted by atomic mass is 10.1. The zero-order chi connectivity index (χ0) is 17.4. The Morgan fingerprint density at radius 1 is 1.16 bits per heavy atom. The zero-order valence-corrected chi connectivity index (χ0v) is 14.9. The van der Waals surface area contributed by atoms with Gasteiger partial charge < -0.3 is 14.5 Å². The standard InChI is InChI=1S/C19H23N5O/c1-22(2)15-9-11-23(13-15)19-12-17(21-18-8-10-20-24(18)19)14-4-6-16(25-3)7-5-14/h4-8,10,12,15H,9,11,13H2,1-3H3/t15-/m1/s1. The molecule has 0 amide bonds. The zero-order valence-electron chi connectivity index (χ0n) is 14.9. The topological polar surface area (TPSA) is 45.9 Å². The number of anilines is 1. The first kappa shape index (κ1) is 15.9. The van der Waals surface area contributed by atoms with Gasteiger partial charge in [0.25, 0.3) is 0 Å². The molecule has 0 spiro atoms. The van der Waals surface area contributed by atoms with Gasteiger partial charge in [0.15, 0.2) is 5.65 Å². The molecular formula is C19H23N5O. The van der Waals surface area contributed by atoms with Crippen molar-refractivity contribution in [2.45, 2.75) is 12.5 Å². The van der Waals surface area contributed by atoms with E-state index < -0.39 is 0 Å². The van der Waals surface area contributed by atoms with Crippen LogP contribution in [0.3, 0.4) is 0 Å². The molecule has 2 aromatic heterocycles. The lowest BCUT2D eigenvalue weighted by Crippen LogP contribution is -2.32. The van der Waals surface area contributed by atoms with Crippen LogP contribution in [0.15, 0.2) is 42.6 Å². The van der Waals surface area contributed by atoms with E-state index in [0.29, 0.717) is 6.04 Å². The highest BCUT2D eigenvalue weighted by Gasteiger charge is 2.26. The molecule has 1 aliphatic rings. The molecule has 0 saturated carbocycles. The molecule has 0 unspecified atom stereocenters. The molecular weight excluding hydrogens is 314 g/mol. The Morgan fingerprint density at radius 3 is 2.64 bits per heavy atom. The number of methoxy groups -OCH3 is 1. The van der Waals surface area contributed by atoms with E-state index in [2.05, 4.69) is 35.1 Å². The van der Waals surface area contributed by atoms with Crippen molar-refractivity contribution < 1.29 is 4.74 Å². The summed E-state index contributed by atoms with van der Waals surface area (Å²) in [6.45, 7) is 2.04. The van der Waals surface area contributed by atoms with Gasteiger partial charge in [0.1, 0.15) is 11.6 Å². The summed E-state index contributed by atoms with van der Waals surface area (Å²) in [6.07, 6.45) is 2.97. The normalized spacial score (nSPS) is 17.6. The van der Waals surface area contributed by atoms with Gasteiger partial charge in [-0.2, -0.15) is 9.61 Å². The van der Waals surface area contributed by atoms with Crippen LogP contribution in [0.25, 0.3) is 16.9 Å². The fraction of sp³-hybridized carbons (Fsp3) is 0.368. The first-order chi connectivity index (χ1) is 12.2. The van der Waals surface area contributed by atoms with E-state index >= 15 is 0 Å². The molecule has 4 rings (SSSR count). The summed E-state index contributed by atoms with van der Waals surface area (Å²) in [4.78, 5) is 9.47. The third kappa shape index (κ3) is 2.93. The number of ether oxygens (including phenoxy) is 1. The molecule has 6 nitrogen and oxygen atoms in total. The second-order valence-electron chi connectivity index (χ2n) is 6.68. The van der Waals surface area contributed by atoms with Crippen LogP contribution in [0, 0.1) is 0 Å². The molecule has 3 heterocycles. The number of aromatic nitrogens is 3. The maximum atomic E-state index is 5.25. The van der Waals surface area contributed by atoms with Gasteiger partial charge in [-0.05, 0) is 44.8 Å². The van der Waals surface area contributed by atoms with E-state index in [0.717, 1.165) is 48.0 Å². The Balaban J connectivity index is 1.74. The summed E-state index contributed by atoms with van der Waals surface area (Å²) in [6, 6.07) is 12.7. The minimum atomic E-state index is 0.572. The summed E-state index contributed by atoms with van der Waals surface area (Å²) in [5, 5.41) is 4.47. The lowest BCUT2D eigenvalue weighted by Gasteiger charge is -2.22. The van der Waals surface area contributed by atoms with Crippen LogP contribution in [0.5, 0.6) is 5.75 Å².